The van der Waals surface area contributed by atoms with Gasteiger partial charge in [0.2, 0.25) is 0 Å². The molecule has 0 unspecified atom stereocenters. The van der Waals surface area contributed by atoms with Crippen molar-refractivity contribution in [1.29, 1.82) is 0 Å². The number of esters is 1. The standard InChI is InChI=1S/C15H21NO2/c1-5-18-15(17)11(2)12(3)16-13(4)14-9-7-6-8-10-14/h6-11,13H,5H2,1-4H3/t11-,13-/m0/s1. The first kappa shape index (κ1) is 14.4. The Hall–Kier alpha value is -1.64. The van der Waals surface area contributed by atoms with Crippen LogP contribution in [0.1, 0.15) is 39.3 Å². The van der Waals surface area contributed by atoms with E-state index in [1.54, 1.807) is 0 Å². The highest BCUT2D eigenvalue weighted by Crippen LogP contribution is 2.17. The normalized spacial score (nSPS) is 15.0. The van der Waals surface area contributed by atoms with E-state index in [2.05, 4.69) is 4.99 Å². The van der Waals surface area contributed by atoms with Crippen molar-refractivity contribution in [3.05, 3.63) is 35.9 Å². The maximum atomic E-state index is 11.6. The molecule has 0 bridgehead atoms. The summed E-state index contributed by atoms with van der Waals surface area (Å²) in [5.41, 5.74) is 1.96. The minimum atomic E-state index is -0.281. The van der Waals surface area contributed by atoms with Crippen molar-refractivity contribution in [1.82, 2.24) is 0 Å². The molecule has 1 aromatic rings. The van der Waals surface area contributed by atoms with Gasteiger partial charge < -0.3 is 4.74 Å². The van der Waals surface area contributed by atoms with Crippen LogP contribution in [0.25, 0.3) is 0 Å². The fourth-order valence-electron chi connectivity index (χ4n) is 1.66. The van der Waals surface area contributed by atoms with Crippen molar-refractivity contribution < 1.29 is 9.53 Å². The van der Waals surface area contributed by atoms with Gasteiger partial charge in [0.25, 0.3) is 0 Å². The van der Waals surface area contributed by atoms with Crippen LogP contribution in [0.5, 0.6) is 0 Å². The Morgan fingerprint density at radius 1 is 1.28 bits per heavy atom. The summed E-state index contributed by atoms with van der Waals surface area (Å²) in [5, 5.41) is 0. The first-order valence-corrected chi connectivity index (χ1v) is 6.32. The van der Waals surface area contributed by atoms with Gasteiger partial charge in [-0.15, -0.1) is 0 Å². The lowest BCUT2D eigenvalue weighted by molar-refractivity contribution is -0.145. The van der Waals surface area contributed by atoms with Crippen LogP contribution in [-0.2, 0) is 9.53 Å². The van der Waals surface area contributed by atoms with Crippen LogP contribution in [0.4, 0.5) is 0 Å². The lowest BCUT2D eigenvalue weighted by Crippen LogP contribution is -2.21. The van der Waals surface area contributed by atoms with Crippen LogP contribution >= 0.6 is 0 Å². The second kappa shape index (κ2) is 6.94. The molecule has 0 saturated heterocycles. The van der Waals surface area contributed by atoms with Crippen LogP contribution in [0.2, 0.25) is 0 Å². The van der Waals surface area contributed by atoms with E-state index < -0.39 is 0 Å². The Balaban J connectivity index is 2.74. The molecular formula is C15H21NO2. The van der Waals surface area contributed by atoms with Gasteiger partial charge in [0, 0.05) is 5.71 Å². The summed E-state index contributed by atoms with van der Waals surface area (Å²) in [6.45, 7) is 7.95. The van der Waals surface area contributed by atoms with E-state index in [0.717, 1.165) is 11.3 Å². The lowest BCUT2D eigenvalue weighted by atomic mass is 10.1. The van der Waals surface area contributed by atoms with E-state index in [1.165, 1.54) is 0 Å². The number of hydrogen-bond acceptors (Lipinski definition) is 3. The average Bonchev–Trinajstić information content (AvgIpc) is 2.39. The van der Waals surface area contributed by atoms with Gasteiger partial charge >= 0.3 is 5.97 Å². The molecule has 0 aromatic heterocycles. The Labute approximate surface area is 109 Å². The predicted molar refractivity (Wildman–Crippen MR) is 73.8 cm³/mol. The van der Waals surface area contributed by atoms with E-state index in [9.17, 15) is 4.79 Å². The summed E-state index contributed by atoms with van der Waals surface area (Å²) >= 11 is 0. The molecule has 0 fully saturated rings. The Bertz CT molecular complexity index is 412. The van der Waals surface area contributed by atoms with Gasteiger partial charge in [0.15, 0.2) is 0 Å². The highest BCUT2D eigenvalue weighted by atomic mass is 16.5. The molecule has 0 aliphatic carbocycles. The largest absolute Gasteiger partial charge is 0.465 e. The number of carbonyl (C=O) groups excluding carboxylic acids is 1. The van der Waals surface area contributed by atoms with Crippen LogP contribution in [0.3, 0.4) is 0 Å². The predicted octanol–water partition coefficient (Wildman–Crippen LogP) is 3.41. The molecule has 2 atom stereocenters. The second-order valence-corrected chi connectivity index (χ2v) is 4.33. The molecule has 0 aliphatic rings. The molecule has 98 valence electrons. The Morgan fingerprint density at radius 2 is 1.89 bits per heavy atom. The van der Waals surface area contributed by atoms with Crippen molar-refractivity contribution in [2.24, 2.45) is 10.9 Å². The SMILES string of the molecule is CCOC(=O)[C@@H](C)C(C)=N[C@@H](C)c1ccccc1. The summed E-state index contributed by atoms with van der Waals surface area (Å²) < 4.78 is 4.99. The Kier molecular flexibility index (Phi) is 5.56. The quantitative estimate of drug-likeness (QED) is 0.591. The molecule has 0 spiro atoms. The molecule has 1 aromatic carbocycles. The van der Waals surface area contributed by atoms with Crippen molar-refractivity contribution in [3.8, 4) is 0 Å². The number of rotatable bonds is 5. The minimum Gasteiger partial charge on any atom is -0.465 e. The summed E-state index contributed by atoms with van der Waals surface area (Å²) in [6, 6.07) is 10.1. The number of benzene rings is 1. The summed E-state index contributed by atoms with van der Waals surface area (Å²) in [5.74, 6) is -0.491. The summed E-state index contributed by atoms with van der Waals surface area (Å²) in [7, 11) is 0. The molecule has 0 heterocycles. The summed E-state index contributed by atoms with van der Waals surface area (Å²) in [4.78, 5) is 16.2. The van der Waals surface area contributed by atoms with Gasteiger partial charge in [-0.3, -0.25) is 9.79 Å². The van der Waals surface area contributed by atoms with Gasteiger partial charge in [-0.25, -0.2) is 0 Å². The maximum absolute atomic E-state index is 11.6. The van der Waals surface area contributed by atoms with E-state index in [4.69, 9.17) is 4.74 Å². The third-order valence-electron chi connectivity index (χ3n) is 2.95. The number of carbonyl (C=O) groups is 1. The maximum Gasteiger partial charge on any atom is 0.314 e. The van der Waals surface area contributed by atoms with E-state index in [1.807, 2.05) is 58.0 Å². The molecule has 18 heavy (non-hydrogen) atoms. The van der Waals surface area contributed by atoms with Gasteiger partial charge in [-0.2, -0.15) is 0 Å². The minimum absolute atomic E-state index is 0.0584. The first-order chi connectivity index (χ1) is 8.56. The summed E-state index contributed by atoms with van der Waals surface area (Å²) in [6.07, 6.45) is 0. The van der Waals surface area contributed by atoms with Crippen molar-refractivity contribution >= 4 is 11.7 Å². The van der Waals surface area contributed by atoms with Crippen molar-refractivity contribution in [2.75, 3.05) is 6.61 Å². The van der Waals surface area contributed by atoms with Gasteiger partial charge in [-0.1, -0.05) is 30.3 Å². The fraction of sp³-hybridized carbons (Fsp3) is 0.467. The highest BCUT2D eigenvalue weighted by molar-refractivity contribution is 6.00. The molecule has 3 heteroatoms. The van der Waals surface area contributed by atoms with Gasteiger partial charge in [-0.05, 0) is 33.3 Å². The van der Waals surface area contributed by atoms with E-state index in [-0.39, 0.29) is 17.9 Å². The fourth-order valence-corrected chi connectivity index (χ4v) is 1.66. The van der Waals surface area contributed by atoms with Crippen LogP contribution in [0.15, 0.2) is 35.3 Å². The van der Waals surface area contributed by atoms with Crippen LogP contribution in [0, 0.1) is 5.92 Å². The molecular weight excluding hydrogens is 226 g/mol. The smallest absolute Gasteiger partial charge is 0.314 e. The third kappa shape index (κ3) is 3.99. The number of ether oxygens (including phenoxy) is 1. The topological polar surface area (TPSA) is 38.7 Å². The van der Waals surface area contributed by atoms with Crippen molar-refractivity contribution in [3.63, 3.8) is 0 Å². The lowest BCUT2D eigenvalue weighted by Gasteiger charge is -2.13. The molecule has 0 radical (unpaired) electrons. The van der Waals surface area contributed by atoms with Crippen LogP contribution in [-0.4, -0.2) is 18.3 Å². The van der Waals surface area contributed by atoms with Crippen molar-refractivity contribution in [2.45, 2.75) is 33.7 Å². The highest BCUT2D eigenvalue weighted by Gasteiger charge is 2.17. The average molecular weight is 247 g/mol. The number of hydrogen-bond donors (Lipinski definition) is 0. The molecule has 0 N–H and O–H groups in total. The zero-order valence-electron chi connectivity index (χ0n) is 11.5. The third-order valence-corrected chi connectivity index (χ3v) is 2.95. The molecule has 0 saturated carbocycles. The second-order valence-electron chi connectivity index (χ2n) is 4.33. The number of aliphatic imine (C=N–C) groups is 1. The zero-order valence-corrected chi connectivity index (χ0v) is 11.5. The molecule has 1 rings (SSSR count). The van der Waals surface area contributed by atoms with E-state index >= 15 is 0 Å². The van der Waals surface area contributed by atoms with Gasteiger partial charge in [0.1, 0.15) is 0 Å². The van der Waals surface area contributed by atoms with E-state index in [0.29, 0.717) is 6.61 Å². The zero-order chi connectivity index (χ0) is 13.5. The molecule has 3 nitrogen and oxygen atoms in total. The first-order valence-electron chi connectivity index (χ1n) is 6.32. The number of nitrogens with zero attached hydrogens (tertiary/aromatic N) is 1. The molecule has 0 amide bonds. The Morgan fingerprint density at radius 3 is 2.44 bits per heavy atom. The monoisotopic (exact) mass is 247 g/mol. The molecule has 0 aliphatic heterocycles. The van der Waals surface area contributed by atoms with Crippen LogP contribution < -0.4 is 0 Å². The van der Waals surface area contributed by atoms with Gasteiger partial charge in [0.05, 0.1) is 18.6 Å².